The zero-order chi connectivity index (χ0) is 35.7. The van der Waals surface area contributed by atoms with Crippen LogP contribution in [-0.4, -0.2) is 68.4 Å². The van der Waals surface area contributed by atoms with Gasteiger partial charge in [0.25, 0.3) is 5.91 Å². The van der Waals surface area contributed by atoms with Crippen LogP contribution >= 0.6 is 7.82 Å². The molecule has 16 heteroatoms. The number of ether oxygens (including phenoxy) is 1. The van der Waals surface area contributed by atoms with Crippen molar-refractivity contribution < 1.29 is 42.8 Å². The van der Waals surface area contributed by atoms with E-state index in [9.17, 15) is 33.5 Å². The fourth-order valence-electron chi connectivity index (χ4n) is 5.04. The van der Waals surface area contributed by atoms with Gasteiger partial charge in [0.05, 0.1) is 17.5 Å². The van der Waals surface area contributed by atoms with Crippen molar-refractivity contribution in [3.05, 3.63) is 78.0 Å². The number of amides is 4. The van der Waals surface area contributed by atoms with Crippen molar-refractivity contribution in [3.63, 3.8) is 0 Å². The molecule has 1 heterocycles. The van der Waals surface area contributed by atoms with Gasteiger partial charge in [0.15, 0.2) is 0 Å². The molecule has 3 rings (SSSR count). The number of primary amides is 1. The monoisotopic (exact) mass is 686 g/mol. The SMILES string of the molecule is CC(C)[C@](Cc1ccccc1)(NC(=O)[C@H](CC(N)=O)NC(=O)c1ccc2ccccc2n1)[C@H](CNNC(=O)OC(C)(C)C)OP(=O)(O)O. The zero-order valence-corrected chi connectivity index (χ0v) is 28.3. The van der Waals surface area contributed by atoms with Crippen molar-refractivity contribution in [2.45, 2.75) is 70.7 Å². The van der Waals surface area contributed by atoms with E-state index in [0.29, 0.717) is 11.1 Å². The molecule has 1 aromatic heterocycles. The van der Waals surface area contributed by atoms with Gasteiger partial charge in [0.1, 0.15) is 23.4 Å². The Morgan fingerprint density at radius 2 is 1.60 bits per heavy atom. The third-order valence-electron chi connectivity index (χ3n) is 7.30. The van der Waals surface area contributed by atoms with Crippen LogP contribution in [0, 0.1) is 5.92 Å². The summed E-state index contributed by atoms with van der Waals surface area (Å²) < 4.78 is 22.8. The number of nitrogens with zero attached hydrogens (tertiary/aromatic N) is 1. The first kappa shape index (κ1) is 38.1. The molecule has 4 amide bonds. The molecular formula is C32H43N6O9P. The Morgan fingerprint density at radius 3 is 2.21 bits per heavy atom. The average molecular weight is 687 g/mol. The molecule has 8 N–H and O–H groups in total. The molecule has 0 fully saturated rings. The minimum Gasteiger partial charge on any atom is -0.443 e. The molecule has 0 saturated carbocycles. The fraction of sp³-hybridized carbons (Fsp3) is 0.406. The summed E-state index contributed by atoms with van der Waals surface area (Å²) in [6, 6.07) is 17.5. The largest absolute Gasteiger partial charge is 0.469 e. The summed E-state index contributed by atoms with van der Waals surface area (Å²) >= 11 is 0. The first-order valence-electron chi connectivity index (χ1n) is 15.2. The number of carbonyl (C=O) groups is 4. The summed E-state index contributed by atoms with van der Waals surface area (Å²) in [5, 5.41) is 6.15. The maximum Gasteiger partial charge on any atom is 0.469 e. The van der Waals surface area contributed by atoms with E-state index < -0.39 is 73.8 Å². The zero-order valence-electron chi connectivity index (χ0n) is 27.4. The van der Waals surface area contributed by atoms with Gasteiger partial charge in [-0.1, -0.05) is 68.4 Å². The van der Waals surface area contributed by atoms with Gasteiger partial charge >= 0.3 is 13.9 Å². The summed E-state index contributed by atoms with van der Waals surface area (Å²) in [7, 11) is -5.22. The number of carbonyl (C=O) groups excluding carboxylic acids is 4. The van der Waals surface area contributed by atoms with Gasteiger partial charge in [-0.25, -0.2) is 19.8 Å². The second kappa shape index (κ2) is 16.1. The highest BCUT2D eigenvalue weighted by Gasteiger charge is 2.47. The number of pyridine rings is 1. The van der Waals surface area contributed by atoms with Crippen LogP contribution in [0.1, 0.15) is 57.1 Å². The maximum absolute atomic E-state index is 14.1. The molecule has 0 unspecified atom stereocenters. The predicted octanol–water partition coefficient (Wildman–Crippen LogP) is 2.47. The molecule has 0 radical (unpaired) electrons. The molecular weight excluding hydrogens is 643 g/mol. The lowest BCUT2D eigenvalue weighted by Crippen LogP contribution is -2.67. The lowest BCUT2D eigenvalue weighted by atomic mass is 9.76. The van der Waals surface area contributed by atoms with Crippen molar-refractivity contribution >= 4 is 42.5 Å². The first-order chi connectivity index (χ1) is 22.4. The average Bonchev–Trinajstić information content (AvgIpc) is 2.98. The van der Waals surface area contributed by atoms with Crippen molar-refractivity contribution in [2.75, 3.05) is 6.54 Å². The smallest absolute Gasteiger partial charge is 0.443 e. The normalized spacial score (nSPS) is 14.4. The Morgan fingerprint density at radius 1 is 0.958 bits per heavy atom. The number of para-hydroxylation sites is 1. The van der Waals surface area contributed by atoms with E-state index in [4.69, 9.17) is 15.0 Å². The maximum atomic E-state index is 14.1. The molecule has 2 aromatic carbocycles. The molecule has 0 aliphatic carbocycles. The topological polar surface area (TPSA) is 231 Å². The highest BCUT2D eigenvalue weighted by atomic mass is 31.2. The standard InChI is InChI=1S/C32H43N6O9P/c1-20(2)32(18-21-11-7-6-8-12-21,26(47-48(43,44)45)19-34-38-30(42)46-31(3,4)5)37-29(41)25(17-27(33)39)36-28(40)24-16-15-22-13-9-10-14-23(22)35-24/h6-16,20,25-26,34H,17-19H2,1-5H3,(H2,33,39)(H,36,40)(H,37,41)(H,38,42)(H2,43,44,45)/t25-,26-,32-/m0/s1. The van der Waals surface area contributed by atoms with Crippen LogP contribution in [-0.2, 0) is 29.8 Å². The number of fused-ring (bicyclic) bond motifs is 1. The number of nitrogens with one attached hydrogen (secondary N) is 4. The number of benzene rings is 2. The summed E-state index contributed by atoms with van der Waals surface area (Å²) in [5.74, 6) is -3.14. The molecule has 0 spiro atoms. The molecule has 48 heavy (non-hydrogen) atoms. The van der Waals surface area contributed by atoms with Gasteiger partial charge in [-0.3, -0.25) is 24.3 Å². The first-order valence-corrected chi connectivity index (χ1v) is 16.7. The summed E-state index contributed by atoms with van der Waals surface area (Å²) in [6.45, 7) is 7.93. The van der Waals surface area contributed by atoms with Crippen molar-refractivity contribution in [1.29, 1.82) is 0 Å². The Hall–Kier alpha value is -4.40. The predicted molar refractivity (Wildman–Crippen MR) is 177 cm³/mol. The number of hydrogen-bond acceptors (Lipinski definition) is 9. The quantitative estimate of drug-likeness (QED) is 0.0907. The lowest BCUT2D eigenvalue weighted by molar-refractivity contribution is -0.130. The van der Waals surface area contributed by atoms with E-state index in [-0.39, 0.29) is 12.1 Å². The second-order valence-corrected chi connectivity index (χ2v) is 13.7. The highest BCUT2D eigenvalue weighted by Crippen LogP contribution is 2.42. The summed E-state index contributed by atoms with van der Waals surface area (Å²) in [4.78, 5) is 76.0. The van der Waals surface area contributed by atoms with Crippen LogP contribution in [0.3, 0.4) is 0 Å². The Labute approximate surface area is 278 Å². The summed E-state index contributed by atoms with van der Waals surface area (Å²) in [6.07, 6.45) is -3.01. The minimum absolute atomic E-state index is 0.0181. The van der Waals surface area contributed by atoms with Crippen LogP contribution < -0.4 is 27.2 Å². The van der Waals surface area contributed by atoms with Gasteiger partial charge < -0.3 is 30.9 Å². The van der Waals surface area contributed by atoms with Crippen LogP contribution in [0.15, 0.2) is 66.7 Å². The third kappa shape index (κ3) is 11.4. The minimum atomic E-state index is -5.22. The molecule has 3 aromatic rings. The van der Waals surface area contributed by atoms with Gasteiger partial charge in [-0.05, 0) is 50.8 Å². The number of phosphoric acid groups is 1. The van der Waals surface area contributed by atoms with Crippen molar-refractivity contribution in [1.82, 2.24) is 26.5 Å². The van der Waals surface area contributed by atoms with Gasteiger partial charge in [0.2, 0.25) is 11.8 Å². The third-order valence-corrected chi connectivity index (χ3v) is 7.83. The number of aromatic nitrogens is 1. The number of hydrogen-bond donors (Lipinski definition) is 7. The molecule has 260 valence electrons. The van der Waals surface area contributed by atoms with Crippen molar-refractivity contribution in [3.8, 4) is 0 Å². The van der Waals surface area contributed by atoms with Gasteiger partial charge in [-0.2, -0.15) is 0 Å². The highest BCUT2D eigenvalue weighted by molar-refractivity contribution is 7.46. The lowest BCUT2D eigenvalue weighted by Gasteiger charge is -2.45. The molecule has 0 saturated heterocycles. The summed E-state index contributed by atoms with van der Waals surface area (Å²) in [5.41, 5.74) is 9.08. The van der Waals surface area contributed by atoms with E-state index in [1.807, 2.05) is 12.1 Å². The number of phosphoric ester groups is 1. The number of hydrazine groups is 1. The van der Waals surface area contributed by atoms with Gasteiger partial charge in [-0.15, -0.1) is 0 Å². The molecule has 0 aliphatic heterocycles. The molecule has 0 aliphatic rings. The van der Waals surface area contributed by atoms with Crippen LogP contribution in [0.2, 0.25) is 0 Å². The molecule has 3 atom stereocenters. The van der Waals surface area contributed by atoms with Crippen LogP contribution in [0.4, 0.5) is 4.79 Å². The van der Waals surface area contributed by atoms with Crippen LogP contribution in [0.25, 0.3) is 10.9 Å². The number of nitrogens with two attached hydrogens (primary N) is 1. The van der Waals surface area contributed by atoms with Gasteiger partial charge in [0, 0.05) is 11.9 Å². The second-order valence-electron chi connectivity index (χ2n) is 12.5. The van der Waals surface area contributed by atoms with E-state index in [1.54, 1.807) is 83.1 Å². The van der Waals surface area contributed by atoms with Crippen molar-refractivity contribution in [2.24, 2.45) is 11.7 Å². The van der Waals surface area contributed by atoms with E-state index >= 15 is 0 Å². The van der Waals surface area contributed by atoms with E-state index in [1.165, 1.54) is 6.07 Å². The van der Waals surface area contributed by atoms with E-state index in [0.717, 1.165) is 5.39 Å². The van der Waals surface area contributed by atoms with E-state index in [2.05, 4.69) is 26.5 Å². The molecule has 0 bridgehead atoms. The van der Waals surface area contributed by atoms with Crippen LogP contribution in [0.5, 0.6) is 0 Å². The fourth-order valence-corrected chi connectivity index (χ4v) is 5.64. The molecule has 15 nitrogen and oxygen atoms in total. The Bertz CT molecular complexity index is 1640. The number of rotatable bonds is 15. The Kier molecular flexibility index (Phi) is 12.8. The Balaban J connectivity index is 2.00.